The van der Waals surface area contributed by atoms with E-state index in [0.717, 1.165) is 6.07 Å². The number of halogens is 1. The Morgan fingerprint density at radius 3 is 2.56 bits per heavy atom. The van der Waals surface area contributed by atoms with Crippen molar-refractivity contribution >= 4 is 24.1 Å². The first kappa shape index (κ1) is 14.2. The standard InChI is InChI=1S/C10H11NO4.ClH/c1-2-15-10(14)9(11)7-4-3-6(12)5-8(7)13;/h3-5,11-13H,2H2,1H3;1H. The van der Waals surface area contributed by atoms with Crippen molar-refractivity contribution < 1.29 is 19.7 Å². The maximum absolute atomic E-state index is 11.2. The van der Waals surface area contributed by atoms with Crippen molar-refractivity contribution in [2.75, 3.05) is 6.61 Å². The first-order valence-electron chi connectivity index (χ1n) is 4.34. The zero-order valence-corrected chi connectivity index (χ0v) is 9.37. The highest BCUT2D eigenvalue weighted by Gasteiger charge is 2.16. The largest absolute Gasteiger partial charge is 0.508 e. The Kier molecular flexibility index (Phi) is 5.32. The van der Waals surface area contributed by atoms with Gasteiger partial charge in [0, 0.05) is 11.6 Å². The number of ether oxygens (including phenoxy) is 1. The molecule has 0 amide bonds. The molecule has 0 saturated carbocycles. The van der Waals surface area contributed by atoms with Crippen molar-refractivity contribution in [2.24, 2.45) is 0 Å². The average Bonchev–Trinajstić information content (AvgIpc) is 2.17. The summed E-state index contributed by atoms with van der Waals surface area (Å²) in [5.74, 6) is -1.26. The monoisotopic (exact) mass is 245 g/mol. The molecule has 5 nitrogen and oxygen atoms in total. The highest BCUT2D eigenvalue weighted by molar-refractivity contribution is 6.42. The summed E-state index contributed by atoms with van der Waals surface area (Å²) in [6.45, 7) is 1.79. The zero-order valence-electron chi connectivity index (χ0n) is 8.56. The third-order valence-electron chi connectivity index (χ3n) is 1.73. The number of carbonyl (C=O) groups is 1. The molecule has 0 bridgehead atoms. The SMILES string of the molecule is CCOC(=O)C(=N)c1ccc(O)cc1O.Cl. The molecule has 6 heteroatoms. The Morgan fingerprint density at radius 2 is 2.06 bits per heavy atom. The van der Waals surface area contributed by atoms with Crippen molar-refractivity contribution in [2.45, 2.75) is 6.92 Å². The number of carbonyl (C=O) groups excluding carboxylic acids is 1. The van der Waals surface area contributed by atoms with Crippen LogP contribution < -0.4 is 0 Å². The van der Waals surface area contributed by atoms with Gasteiger partial charge >= 0.3 is 5.97 Å². The lowest BCUT2D eigenvalue weighted by Gasteiger charge is -2.05. The summed E-state index contributed by atoms with van der Waals surface area (Å²) in [5, 5.41) is 25.8. The molecule has 88 valence electrons. The van der Waals surface area contributed by atoms with Gasteiger partial charge in [-0.3, -0.25) is 5.41 Å². The minimum absolute atomic E-state index is 0. The third-order valence-corrected chi connectivity index (χ3v) is 1.73. The van der Waals surface area contributed by atoms with Crippen molar-refractivity contribution in [3.63, 3.8) is 0 Å². The quantitative estimate of drug-likeness (QED) is 0.555. The van der Waals surface area contributed by atoms with Crippen LogP contribution in [-0.4, -0.2) is 28.5 Å². The summed E-state index contributed by atoms with van der Waals surface area (Å²) in [7, 11) is 0. The Morgan fingerprint density at radius 1 is 1.44 bits per heavy atom. The molecule has 0 atom stereocenters. The Balaban J connectivity index is 0.00000225. The number of phenols is 2. The van der Waals surface area contributed by atoms with Crippen LogP contribution in [0.3, 0.4) is 0 Å². The molecule has 0 fully saturated rings. The molecule has 1 aromatic rings. The minimum Gasteiger partial charge on any atom is -0.508 e. The van der Waals surface area contributed by atoms with Gasteiger partial charge in [-0.05, 0) is 19.1 Å². The van der Waals surface area contributed by atoms with Crippen LogP contribution in [-0.2, 0) is 9.53 Å². The lowest BCUT2D eigenvalue weighted by molar-refractivity contribution is -0.135. The predicted molar refractivity (Wildman–Crippen MR) is 60.5 cm³/mol. The molecular weight excluding hydrogens is 234 g/mol. The van der Waals surface area contributed by atoms with Gasteiger partial charge in [-0.2, -0.15) is 0 Å². The van der Waals surface area contributed by atoms with Crippen LogP contribution in [0.25, 0.3) is 0 Å². The Labute approximate surface area is 98.6 Å². The second kappa shape index (κ2) is 5.97. The highest BCUT2D eigenvalue weighted by Crippen LogP contribution is 2.23. The normalized spacial score (nSPS) is 9.06. The van der Waals surface area contributed by atoms with E-state index in [-0.39, 0.29) is 36.1 Å². The van der Waals surface area contributed by atoms with E-state index in [9.17, 15) is 9.90 Å². The second-order valence-corrected chi connectivity index (χ2v) is 2.80. The van der Waals surface area contributed by atoms with Gasteiger partial charge in [0.25, 0.3) is 0 Å². The Hall–Kier alpha value is -1.75. The Bertz CT molecular complexity index is 406. The van der Waals surface area contributed by atoms with Gasteiger partial charge < -0.3 is 14.9 Å². The highest BCUT2D eigenvalue weighted by atomic mass is 35.5. The van der Waals surface area contributed by atoms with E-state index in [4.69, 9.17) is 10.5 Å². The number of hydrogen-bond donors (Lipinski definition) is 3. The number of rotatable bonds is 3. The van der Waals surface area contributed by atoms with E-state index in [1.165, 1.54) is 12.1 Å². The van der Waals surface area contributed by atoms with E-state index < -0.39 is 11.7 Å². The summed E-state index contributed by atoms with van der Waals surface area (Å²) in [6, 6.07) is 3.62. The van der Waals surface area contributed by atoms with Crippen LogP contribution in [0.5, 0.6) is 11.5 Å². The molecule has 0 aliphatic carbocycles. The summed E-state index contributed by atoms with van der Waals surface area (Å²) in [6.07, 6.45) is 0. The number of hydrogen-bond acceptors (Lipinski definition) is 5. The second-order valence-electron chi connectivity index (χ2n) is 2.80. The number of phenolic OH excluding ortho intramolecular Hbond substituents is 2. The van der Waals surface area contributed by atoms with E-state index in [2.05, 4.69) is 4.74 Å². The first-order chi connectivity index (χ1) is 7.06. The summed E-state index contributed by atoms with van der Waals surface area (Å²) in [4.78, 5) is 11.2. The number of benzene rings is 1. The van der Waals surface area contributed by atoms with Gasteiger partial charge in [-0.15, -0.1) is 12.4 Å². The van der Waals surface area contributed by atoms with Crippen LogP contribution >= 0.6 is 12.4 Å². The van der Waals surface area contributed by atoms with Gasteiger partial charge in [0.15, 0.2) is 5.71 Å². The van der Waals surface area contributed by atoms with Gasteiger partial charge in [-0.1, -0.05) is 0 Å². The summed E-state index contributed by atoms with van der Waals surface area (Å²) in [5.41, 5.74) is -0.402. The molecule has 0 aliphatic heterocycles. The molecule has 1 aromatic carbocycles. The first-order valence-corrected chi connectivity index (χ1v) is 4.34. The maximum Gasteiger partial charge on any atom is 0.356 e. The third kappa shape index (κ3) is 3.13. The van der Waals surface area contributed by atoms with Gasteiger partial charge in [0.05, 0.1) is 6.61 Å². The lowest BCUT2D eigenvalue weighted by Crippen LogP contribution is -2.17. The molecule has 16 heavy (non-hydrogen) atoms. The van der Waals surface area contributed by atoms with Crippen molar-refractivity contribution in [1.29, 1.82) is 5.41 Å². The predicted octanol–water partition coefficient (Wildman–Crippen LogP) is 1.45. The molecule has 0 aliphatic rings. The average molecular weight is 246 g/mol. The zero-order chi connectivity index (χ0) is 11.4. The van der Waals surface area contributed by atoms with E-state index in [1.54, 1.807) is 6.92 Å². The fourth-order valence-electron chi connectivity index (χ4n) is 1.04. The van der Waals surface area contributed by atoms with E-state index in [1.807, 2.05) is 0 Å². The smallest absolute Gasteiger partial charge is 0.356 e. The summed E-state index contributed by atoms with van der Waals surface area (Å²) >= 11 is 0. The minimum atomic E-state index is -0.807. The fraction of sp³-hybridized carbons (Fsp3) is 0.200. The number of aromatic hydroxyl groups is 2. The fourth-order valence-corrected chi connectivity index (χ4v) is 1.04. The van der Waals surface area contributed by atoms with Crippen LogP contribution in [0.15, 0.2) is 18.2 Å². The lowest BCUT2D eigenvalue weighted by atomic mass is 10.1. The van der Waals surface area contributed by atoms with Crippen LogP contribution in [0.2, 0.25) is 0 Å². The topological polar surface area (TPSA) is 90.6 Å². The van der Waals surface area contributed by atoms with Crippen LogP contribution in [0, 0.1) is 5.41 Å². The molecule has 3 N–H and O–H groups in total. The molecule has 0 radical (unpaired) electrons. The van der Waals surface area contributed by atoms with E-state index >= 15 is 0 Å². The summed E-state index contributed by atoms with van der Waals surface area (Å²) < 4.78 is 4.61. The molecule has 0 unspecified atom stereocenters. The number of esters is 1. The van der Waals surface area contributed by atoms with Gasteiger partial charge in [0.1, 0.15) is 11.5 Å². The molecule has 1 rings (SSSR count). The molecule has 0 spiro atoms. The van der Waals surface area contributed by atoms with Gasteiger partial charge in [0.2, 0.25) is 0 Å². The maximum atomic E-state index is 11.2. The number of nitrogens with one attached hydrogen (secondary N) is 1. The molecule has 0 aromatic heterocycles. The van der Waals surface area contributed by atoms with Crippen molar-refractivity contribution in [1.82, 2.24) is 0 Å². The van der Waals surface area contributed by atoms with Crippen molar-refractivity contribution in [3.05, 3.63) is 23.8 Å². The van der Waals surface area contributed by atoms with E-state index in [0.29, 0.717) is 0 Å². The molecule has 0 saturated heterocycles. The molecular formula is C10H12ClNO4. The van der Waals surface area contributed by atoms with Crippen LogP contribution in [0.1, 0.15) is 12.5 Å². The molecule has 0 heterocycles. The van der Waals surface area contributed by atoms with Gasteiger partial charge in [-0.25, -0.2) is 4.79 Å². The van der Waals surface area contributed by atoms with Crippen LogP contribution in [0.4, 0.5) is 0 Å². The van der Waals surface area contributed by atoms with Crippen molar-refractivity contribution in [3.8, 4) is 11.5 Å².